The zero-order valence-electron chi connectivity index (χ0n) is 22.4. The summed E-state index contributed by atoms with van der Waals surface area (Å²) < 4.78 is 0. The van der Waals surface area contributed by atoms with E-state index in [9.17, 15) is 0 Å². The second-order valence-corrected chi connectivity index (χ2v) is 11.0. The molecule has 1 nitrogen and oxygen atoms in total. The van der Waals surface area contributed by atoms with Gasteiger partial charge in [-0.15, -0.1) is 0 Å². The Labute approximate surface area is 217 Å². The van der Waals surface area contributed by atoms with Gasteiger partial charge < -0.3 is 4.90 Å². The van der Waals surface area contributed by atoms with Crippen LogP contribution in [-0.4, -0.2) is 6.71 Å². The fraction of sp³-hybridized carbons (Fsp3) is 0.294. The lowest BCUT2D eigenvalue weighted by Crippen LogP contribution is -2.65. The van der Waals surface area contributed by atoms with Gasteiger partial charge in [-0.25, -0.2) is 0 Å². The molecule has 0 fully saturated rings. The topological polar surface area (TPSA) is 3.24 Å². The lowest BCUT2D eigenvalue weighted by Gasteiger charge is -2.49. The van der Waals surface area contributed by atoms with Crippen LogP contribution in [0.5, 0.6) is 0 Å². The standard InChI is InChI=1S/C34H36BN/c1-6-20-34(21-7-2)27-10-8-9-11-28(27)35-29-22-24(4)14-18-30(29)36(26-16-12-23(3)13-17-26)31-19-15-25(5)32(34)33(31)35/h8-19,22H,6-7,20-21H2,1-5H3. The van der Waals surface area contributed by atoms with Gasteiger partial charge in [-0.3, -0.25) is 0 Å². The molecular formula is C34H36BN. The molecule has 6 rings (SSSR count). The van der Waals surface area contributed by atoms with E-state index >= 15 is 0 Å². The molecule has 0 spiro atoms. The maximum atomic E-state index is 2.53. The highest BCUT2D eigenvalue weighted by molar-refractivity contribution is 6.99. The first-order valence-electron chi connectivity index (χ1n) is 13.7. The summed E-state index contributed by atoms with van der Waals surface area (Å²) >= 11 is 0. The third-order valence-electron chi connectivity index (χ3n) is 8.61. The summed E-state index contributed by atoms with van der Waals surface area (Å²) in [5.41, 5.74) is 15.7. The molecule has 0 atom stereocenters. The van der Waals surface area contributed by atoms with Crippen LogP contribution in [0.2, 0.25) is 0 Å². The van der Waals surface area contributed by atoms with Crippen LogP contribution in [0.1, 0.15) is 67.3 Å². The van der Waals surface area contributed by atoms with E-state index in [0.717, 1.165) is 0 Å². The summed E-state index contributed by atoms with van der Waals surface area (Å²) in [6.45, 7) is 11.7. The number of anilines is 3. The Morgan fingerprint density at radius 3 is 2.08 bits per heavy atom. The molecule has 2 aliphatic rings. The molecular weight excluding hydrogens is 433 g/mol. The maximum Gasteiger partial charge on any atom is 0.247 e. The van der Waals surface area contributed by atoms with Crippen LogP contribution in [-0.2, 0) is 5.41 Å². The highest BCUT2D eigenvalue weighted by Crippen LogP contribution is 2.47. The van der Waals surface area contributed by atoms with Gasteiger partial charge in [0, 0.05) is 22.5 Å². The van der Waals surface area contributed by atoms with Crippen LogP contribution in [0.3, 0.4) is 0 Å². The van der Waals surface area contributed by atoms with E-state index in [2.05, 4.69) is 118 Å². The molecule has 0 aromatic heterocycles. The lowest BCUT2D eigenvalue weighted by molar-refractivity contribution is 0.427. The van der Waals surface area contributed by atoms with E-state index in [4.69, 9.17) is 0 Å². The quantitative estimate of drug-likeness (QED) is 0.248. The Morgan fingerprint density at radius 1 is 0.694 bits per heavy atom. The van der Waals surface area contributed by atoms with Crippen molar-refractivity contribution < 1.29 is 0 Å². The number of nitrogens with zero attached hydrogens (tertiary/aromatic N) is 1. The first-order chi connectivity index (χ1) is 17.5. The molecule has 0 unspecified atom stereocenters. The van der Waals surface area contributed by atoms with E-state index in [-0.39, 0.29) is 12.1 Å². The van der Waals surface area contributed by atoms with Crippen molar-refractivity contribution in [1.82, 2.24) is 0 Å². The first kappa shape index (κ1) is 23.2. The summed E-state index contributed by atoms with van der Waals surface area (Å²) in [6, 6.07) is 30.3. The molecule has 0 saturated heterocycles. The highest BCUT2D eigenvalue weighted by atomic mass is 15.1. The van der Waals surface area contributed by atoms with Crippen molar-refractivity contribution in [3.05, 3.63) is 107 Å². The number of aryl methyl sites for hydroxylation is 3. The highest BCUT2D eigenvalue weighted by Gasteiger charge is 2.49. The molecule has 180 valence electrons. The monoisotopic (exact) mass is 469 g/mol. The van der Waals surface area contributed by atoms with Crippen LogP contribution in [0.15, 0.2) is 78.9 Å². The van der Waals surface area contributed by atoms with Crippen LogP contribution >= 0.6 is 0 Å². The number of rotatable bonds is 5. The van der Waals surface area contributed by atoms with Gasteiger partial charge in [-0.1, -0.05) is 97.9 Å². The second kappa shape index (κ2) is 8.70. The van der Waals surface area contributed by atoms with Gasteiger partial charge in [0.1, 0.15) is 0 Å². The van der Waals surface area contributed by atoms with E-state index in [1.165, 1.54) is 75.8 Å². The predicted octanol–water partition coefficient (Wildman–Crippen LogP) is 7.11. The molecule has 0 saturated carbocycles. The summed E-state index contributed by atoms with van der Waals surface area (Å²) in [5, 5.41) is 0. The van der Waals surface area contributed by atoms with Crippen molar-refractivity contribution >= 4 is 40.2 Å². The normalized spacial score (nSPS) is 14.8. The summed E-state index contributed by atoms with van der Waals surface area (Å²) in [6.07, 6.45) is 4.74. The maximum absolute atomic E-state index is 2.53. The third-order valence-corrected chi connectivity index (χ3v) is 8.61. The molecule has 2 heteroatoms. The molecule has 2 aliphatic heterocycles. The molecule has 0 radical (unpaired) electrons. The lowest BCUT2D eigenvalue weighted by atomic mass is 9.29. The summed E-state index contributed by atoms with van der Waals surface area (Å²) in [7, 11) is 0. The fourth-order valence-electron chi connectivity index (χ4n) is 7.35. The minimum absolute atomic E-state index is 0.0618. The summed E-state index contributed by atoms with van der Waals surface area (Å²) in [4.78, 5) is 2.53. The Balaban J connectivity index is 1.75. The van der Waals surface area contributed by atoms with Crippen LogP contribution in [0.25, 0.3) is 0 Å². The van der Waals surface area contributed by atoms with Gasteiger partial charge in [-0.2, -0.15) is 0 Å². The molecule has 36 heavy (non-hydrogen) atoms. The van der Waals surface area contributed by atoms with Gasteiger partial charge >= 0.3 is 0 Å². The van der Waals surface area contributed by atoms with E-state index in [1.807, 2.05) is 0 Å². The van der Waals surface area contributed by atoms with Crippen molar-refractivity contribution in [3.63, 3.8) is 0 Å². The van der Waals surface area contributed by atoms with Crippen LogP contribution < -0.4 is 21.3 Å². The number of hydrogen-bond donors (Lipinski definition) is 0. The zero-order valence-corrected chi connectivity index (χ0v) is 22.4. The molecule has 0 N–H and O–H groups in total. The summed E-state index contributed by atoms with van der Waals surface area (Å²) in [5.74, 6) is 0. The molecule has 4 aromatic rings. The van der Waals surface area contributed by atoms with E-state index < -0.39 is 0 Å². The van der Waals surface area contributed by atoms with Crippen molar-refractivity contribution in [2.45, 2.75) is 65.7 Å². The molecule has 4 aromatic carbocycles. The van der Waals surface area contributed by atoms with Crippen LogP contribution in [0, 0.1) is 20.8 Å². The first-order valence-corrected chi connectivity index (χ1v) is 13.7. The van der Waals surface area contributed by atoms with Gasteiger partial charge in [0.05, 0.1) is 0 Å². The third kappa shape index (κ3) is 3.23. The number of fused-ring (bicyclic) bond motifs is 4. The SMILES string of the molecule is CCCC1(CCC)c2ccccc2B2c3cc(C)ccc3N(c3ccc(C)cc3)c3ccc(C)c1c32. The fourth-order valence-corrected chi connectivity index (χ4v) is 7.35. The average molecular weight is 469 g/mol. The number of hydrogen-bond acceptors (Lipinski definition) is 1. The Bertz CT molecular complexity index is 1440. The Hall–Kier alpha value is -3.26. The van der Waals surface area contributed by atoms with E-state index in [0.29, 0.717) is 0 Å². The molecule has 2 heterocycles. The predicted molar refractivity (Wildman–Crippen MR) is 157 cm³/mol. The smallest absolute Gasteiger partial charge is 0.247 e. The van der Waals surface area contributed by atoms with Crippen molar-refractivity contribution in [2.24, 2.45) is 0 Å². The van der Waals surface area contributed by atoms with Gasteiger partial charge in [-0.05, 0) is 85.5 Å². The van der Waals surface area contributed by atoms with Crippen molar-refractivity contribution in [2.75, 3.05) is 4.90 Å². The molecule has 0 aliphatic carbocycles. The van der Waals surface area contributed by atoms with Gasteiger partial charge in [0.25, 0.3) is 0 Å². The Kier molecular flexibility index (Phi) is 5.59. The number of benzene rings is 4. The minimum atomic E-state index is 0.0618. The van der Waals surface area contributed by atoms with Gasteiger partial charge in [0.15, 0.2) is 0 Å². The molecule has 0 bridgehead atoms. The largest absolute Gasteiger partial charge is 0.312 e. The second-order valence-electron chi connectivity index (χ2n) is 11.0. The van der Waals surface area contributed by atoms with Gasteiger partial charge in [0.2, 0.25) is 6.71 Å². The average Bonchev–Trinajstić information content (AvgIpc) is 2.88. The molecule has 0 amide bonds. The Morgan fingerprint density at radius 2 is 1.36 bits per heavy atom. The van der Waals surface area contributed by atoms with Crippen molar-refractivity contribution in [1.29, 1.82) is 0 Å². The minimum Gasteiger partial charge on any atom is -0.312 e. The van der Waals surface area contributed by atoms with E-state index in [1.54, 1.807) is 11.1 Å². The van der Waals surface area contributed by atoms with Crippen LogP contribution in [0.4, 0.5) is 17.1 Å². The van der Waals surface area contributed by atoms with Crippen molar-refractivity contribution in [3.8, 4) is 0 Å². The zero-order chi connectivity index (χ0) is 25.0.